The van der Waals surface area contributed by atoms with Crippen molar-refractivity contribution in [1.82, 2.24) is 29.5 Å². The molecule has 0 radical (unpaired) electrons. The molecule has 7 rings (SSSR count). The van der Waals surface area contributed by atoms with Crippen molar-refractivity contribution in [1.29, 1.82) is 0 Å². The van der Waals surface area contributed by atoms with E-state index in [1.807, 2.05) is 54.4 Å². The third-order valence-electron chi connectivity index (χ3n) is 7.38. The fourth-order valence-corrected chi connectivity index (χ4v) is 5.35. The van der Waals surface area contributed by atoms with Crippen molar-refractivity contribution in [2.24, 2.45) is 0 Å². The van der Waals surface area contributed by atoms with Crippen molar-refractivity contribution in [2.45, 2.75) is 19.9 Å². The number of nitrogens with zero attached hydrogens (tertiary/aromatic N) is 7. The Labute approximate surface area is 235 Å². The number of anilines is 3. The predicted octanol–water partition coefficient (Wildman–Crippen LogP) is 3.95. The van der Waals surface area contributed by atoms with E-state index in [9.17, 15) is 4.79 Å². The normalized spacial score (nSPS) is 15.9. The number of carbonyl (C=O) groups is 1. The van der Waals surface area contributed by atoms with Crippen LogP contribution in [0.1, 0.15) is 12.5 Å². The molecule has 1 atom stereocenters. The molecule has 11 heteroatoms. The summed E-state index contributed by atoms with van der Waals surface area (Å²) in [6, 6.07) is 13.6. The summed E-state index contributed by atoms with van der Waals surface area (Å²) in [6.07, 6.45) is 4.87. The molecule has 1 amide bonds. The number of pyridine rings is 1. The zero-order chi connectivity index (χ0) is 27.9. The molecule has 1 fully saturated rings. The van der Waals surface area contributed by atoms with Gasteiger partial charge in [0.15, 0.2) is 5.65 Å². The molecule has 0 saturated carbocycles. The average Bonchev–Trinajstić information content (AvgIpc) is 3.40. The minimum Gasteiger partial charge on any atom is -0.489 e. The van der Waals surface area contributed by atoms with Crippen LogP contribution in [-0.4, -0.2) is 67.7 Å². The highest BCUT2D eigenvalue weighted by molar-refractivity contribution is 5.96. The van der Waals surface area contributed by atoms with Crippen LogP contribution in [0.5, 0.6) is 17.2 Å². The van der Waals surface area contributed by atoms with Gasteiger partial charge < -0.3 is 24.6 Å². The lowest BCUT2D eigenvalue weighted by Gasteiger charge is -2.39. The molecule has 2 aliphatic rings. The molecule has 0 unspecified atom stereocenters. The molecule has 5 heterocycles. The van der Waals surface area contributed by atoms with Crippen molar-refractivity contribution < 1.29 is 14.3 Å². The number of amides is 1. The summed E-state index contributed by atoms with van der Waals surface area (Å²) >= 11 is 0. The van der Waals surface area contributed by atoms with Gasteiger partial charge in [0.05, 0.1) is 17.2 Å². The van der Waals surface area contributed by atoms with Crippen LogP contribution in [0.3, 0.4) is 0 Å². The van der Waals surface area contributed by atoms with Gasteiger partial charge >= 0.3 is 0 Å². The molecule has 2 aromatic carbocycles. The summed E-state index contributed by atoms with van der Waals surface area (Å²) in [5.74, 6) is 8.09. The van der Waals surface area contributed by atoms with Crippen LogP contribution in [0.4, 0.5) is 17.2 Å². The quantitative estimate of drug-likeness (QED) is 0.335. The first kappa shape index (κ1) is 24.7. The monoisotopic (exact) mass is 546 g/mol. The number of ether oxygens (including phenoxy) is 2. The van der Waals surface area contributed by atoms with Gasteiger partial charge in [0.1, 0.15) is 42.3 Å². The number of fused-ring (bicyclic) bond motifs is 6. The van der Waals surface area contributed by atoms with E-state index in [1.165, 1.54) is 6.33 Å². The van der Waals surface area contributed by atoms with Crippen LogP contribution >= 0.6 is 0 Å². The van der Waals surface area contributed by atoms with Crippen LogP contribution in [0.25, 0.3) is 16.6 Å². The number of hydrogen-bond donors (Lipinski definition) is 1. The maximum Gasteiger partial charge on any atom is 0.298 e. The van der Waals surface area contributed by atoms with E-state index in [-0.39, 0.29) is 11.9 Å². The topological polar surface area (TPSA) is 110 Å². The van der Waals surface area contributed by atoms with Gasteiger partial charge in [-0.3, -0.25) is 4.79 Å². The van der Waals surface area contributed by atoms with Crippen LogP contribution in [0, 0.1) is 18.8 Å². The van der Waals surface area contributed by atoms with Crippen LogP contribution < -0.4 is 19.7 Å². The summed E-state index contributed by atoms with van der Waals surface area (Å²) in [5.41, 5.74) is 4.29. The van der Waals surface area contributed by atoms with Gasteiger partial charge in [-0.15, -0.1) is 0 Å². The van der Waals surface area contributed by atoms with E-state index in [2.05, 4.69) is 48.2 Å². The van der Waals surface area contributed by atoms with Gasteiger partial charge in [0.25, 0.3) is 5.91 Å². The highest BCUT2D eigenvalue weighted by Crippen LogP contribution is 2.39. The summed E-state index contributed by atoms with van der Waals surface area (Å²) < 4.78 is 14.0. The standard InChI is InChI=1S/C30H26N8O3/c1-3-4-29(39)37-10-9-36-15-21(37)16-40-27-14-24-23(13-25(27)36)30(33-17-31-24)35-20-5-6-26(19(2)11-20)41-22-7-8-38-28(12-22)32-18-34-38/h5-8,11-14,17-18,21H,9-10,15-16H2,1-2H3,(H,31,33,35)/t21-/m0/s1. The number of aryl methyl sites for hydroxylation is 1. The molecule has 204 valence electrons. The molecule has 2 aliphatic heterocycles. The van der Waals surface area contributed by atoms with Crippen molar-refractivity contribution in [3.63, 3.8) is 0 Å². The molecule has 11 nitrogen and oxygen atoms in total. The van der Waals surface area contributed by atoms with Gasteiger partial charge in [-0.25, -0.2) is 19.5 Å². The van der Waals surface area contributed by atoms with Crippen molar-refractivity contribution in [3.8, 4) is 29.1 Å². The summed E-state index contributed by atoms with van der Waals surface area (Å²) in [4.78, 5) is 29.9. The second-order valence-electron chi connectivity index (χ2n) is 9.98. The highest BCUT2D eigenvalue weighted by Gasteiger charge is 2.34. The SMILES string of the molecule is CC#CC(=O)N1CCN2C[C@H]1COc1cc3ncnc(Nc4ccc(Oc5ccn6ncnc6c5)c(C)c4)c3cc12. The number of aromatic nitrogens is 5. The van der Waals surface area contributed by atoms with E-state index in [4.69, 9.17) is 9.47 Å². The first-order chi connectivity index (χ1) is 20.1. The third kappa shape index (κ3) is 4.59. The fourth-order valence-electron chi connectivity index (χ4n) is 5.35. The minimum absolute atomic E-state index is 0.0710. The zero-order valence-electron chi connectivity index (χ0n) is 22.5. The van der Waals surface area contributed by atoms with E-state index in [0.29, 0.717) is 43.5 Å². The first-order valence-electron chi connectivity index (χ1n) is 13.3. The Hall–Kier alpha value is -5.37. The average molecular weight is 547 g/mol. The lowest BCUT2D eigenvalue weighted by Crippen LogP contribution is -2.56. The largest absolute Gasteiger partial charge is 0.489 e. The van der Waals surface area contributed by atoms with Crippen molar-refractivity contribution in [3.05, 3.63) is 66.9 Å². The summed E-state index contributed by atoms with van der Waals surface area (Å²) in [5, 5.41) is 8.46. The molecule has 5 aromatic rings. The van der Waals surface area contributed by atoms with Crippen LogP contribution in [0.15, 0.2) is 61.3 Å². The molecule has 2 bridgehead atoms. The number of carbonyl (C=O) groups excluding carboxylic acids is 1. The summed E-state index contributed by atoms with van der Waals surface area (Å²) in [6.45, 7) is 6.04. The minimum atomic E-state index is -0.155. The first-order valence-corrected chi connectivity index (χ1v) is 13.3. The number of piperazine rings is 1. The molecule has 0 aliphatic carbocycles. The molecule has 41 heavy (non-hydrogen) atoms. The smallest absolute Gasteiger partial charge is 0.298 e. The van der Waals surface area contributed by atoms with Gasteiger partial charge in [-0.2, -0.15) is 5.10 Å². The molecular formula is C30H26N8O3. The number of rotatable bonds is 4. The Morgan fingerprint density at radius 1 is 1.10 bits per heavy atom. The van der Waals surface area contributed by atoms with Gasteiger partial charge in [-0.1, -0.05) is 5.92 Å². The Morgan fingerprint density at radius 3 is 2.90 bits per heavy atom. The maximum absolute atomic E-state index is 12.5. The van der Waals surface area contributed by atoms with E-state index in [0.717, 1.165) is 39.3 Å². The van der Waals surface area contributed by atoms with Crippen LogP contribution in [0.2, 0.25) is 0 Å². The number of benzene rings is 2. The Kier molecular flexibility index (Phi) is 6.00. The zero-order valence-corrected chi connectivity index (χ0v) is 22.5. The molecule has 0 spiro atoms. The Morgan fingerprint density at radius 2 is 2.02 bits per heavy atom. The lowest BCUT2D eigenvalue weighted by molar-refractivity contribution is -0.128. The van der Waals surface area contributed by atoms with Crippen LogP contribution in [-0.2, 0) is 4.79 Å². The predicted molar refractivity (Wildman–Crippen MR) is 154 cm³/mol. The maximum atomic E-state index is 12.5. The van der Waals surface area contributed by atoms with E-state index < -0.39 is 0 Å². The molecule has 3 aromatic heterocycles. The number of hydrogen-bond acceptors (Lipinski definition) is 9. The van der Waals surface area contributed by atoms with Gasteiger partial charge in [-0.05, 0) is 55.7 Å². The fraction of sp³-hybridized carbons (Fsp3) is 0.233. The highest BCUT2D eigenvalue weighted by atomic mass is 16.5. The van der Waals surface area contributed by atoms with E-state index >= 15 is 0 Å². The lowest BCUT2D eigenvalue weighted by atomic mass is 10.1. The van der Waals surface area contributed by atoms with Crippen molar-refractivity contribution in [2.75, 3.05) is 36.5 Å². The van der Waals surface area contributed by atoms with Crippen molar-refractivity contribution >= 4 is 39.6 Å². The summed E-state index contributed by atoms with van der Waals surface area (Å²) in [7, 11) is 0. The number of nitrogens with one attached hydrogen (secondary N) is 1. The second-order valence-corrected chi connectivity index (χ2v) is 9.98. The Balaban J connectivity index is 1.14. The van der Waals surface area contributed by atoms with Gasteiger partial charge in [0, 0.05) is 49.0 Å². The van der Waals surface area contributed by atoms with Gasteiger partial charge in [0.2, 0.25) is 0 Å². The third-order valence-corrected chi connectivity index (χ3v) is 7.38. The Bertz CT molecular complexity index is 1870. The second kappa shape index (κ2) is 9.98. The van der Waals surface area contributed by atoms with E-state index in [1.54, 1.807) is 17.8 Å². The molecular weight excluding hydrogens is 520 g/mol. The molecule has 1 saturated heterocycles. The molecule has 1 N–H and O–H groups in total.